The molecule has 0 aromatic heterocycles. The van der Waals surface area contributed by atoms with Gasteiger partial charge < -0.3 is 15.4 Å². The van der Waals surface area contributed by atoms with Crippen LogP contribution in [0.3, 0.4) is 0 Å². The van der Waals surface area contributed by atoms with E-state index in [1.54, 1.807) is 6.92 Å². The summed E-state index contributed by atoms with van der Waals surface area (Å²) in [5.74, 6) is -0.0157. The van der Waals surface area contributed by atoms with Gasteiger partial charge in [-0.2, -0.15) is 0 Å². The van der Waals surface area contributed by atoms with Crippen LogP contribution < -0.4 is 10.6 Å². The molecular weight excluding hydrogens is 180 g/mol. The molecule has 82 valence electrons. The molecule has 0 radical (unpaired) electrons. The van der Waals surface area contributed by atoms with Gasteiger partial charge in [0, 0.05) is 13.1 Å². The first kappa shape index (κ1) is 11.5. The molecule has 2 unspecified atom stereocenters. The van der Waals surface area contributed by atoms with E-state index >= 15 is 0 Å². The van der Waals surface area contributed by atoms with E-state index in [0.29, 0.717) is 6.54 Å². The van der Waals surface area contributed by atoms with Crippen molar-refractivity contribution in [1.29, 1.82) is 0 Å². The molecule has 1 aliphatic heterocycles. The van der Waals surface area contributed by atoms with Crippen molar-refractivity contribution in [3.8, 4) is 0 Å². The quantitative estimate of drug-likeness (QED) is 0.685. The smallest absolute Gasteiger partial charge is 0.248 e. The summed E-state index contributed by atoms with van der Waals surface area (Å²) in [6.45, 7) is 6.31. The van der Waals surface area contributed by atoms with Gasteiger partial charge in [0.2, 0.25) is 5.91 Å². The number of piperidine rings is 1. The fourth-order valence-electron chi connectivity index (χ4n) is 1.60. The molecule has 0 bridgehead atoms. The van der Waals surface area contributed by atoms with Gasteiger partial charge in [-0.25, -0.2) is 0 Å². The summed E-state index contributed by atoms with van der Waals surface area (Å²) in [5.41, 5.74) is 0. The molecule has 1 fully saturated rings. The fourth-order valence-corrected chi connectivity index (χ4v) is 1.60. The van der Waals surface area contributed by atoms with Gasteiger partial charge >= 0.3 is 0 Å². The Balaban J connectivity index is 2.24. The van der Waals surface area contributed by atoms with Crippen LogP contribution in [-0.4, -0.2) is 37.7 Å². The second kappa shape index (κ2) is 5.98. The normalized spacial score (nSPS) is 24.3. The molecule has 2 atom stereocenters. The molecule has 1 aliphatic rings. The predicted octanol–water partition coefficient (Wildman–Crippen LogP) is 0.280. The van der Waals surface area contributed by atoms with E-state index in [4.69, 9.17) is 4.74 Å². The topological polar surface area (TPSA) is 50.4 Å². The monoisotopic (exact) mass is 200 g/mol. The maximum absolute atomic E-state index is 11.4. The van der Waals surface area contributed by atoms with Crippen molar-refractivity contribution in [2.24, 2.45) is 0 Å². The van der Waals surface area contributed by atoms with Crippen molar-refractivity contribution >= 4 is 5.91 Å². The lowest BCUT2D eigenvalue weighted by molar-refractivity contribution is -0.135. The van der Waals surface area contributed by atoms with Gasteiger partial charge in [-0.3, -0.25) is 4.79 Å². The van der Waals surface area contributed by atoms with E-state index in [-0.39, 0.29) is 18.1 Å². The zero-order valence-corrected chi connectivity index (χ0v) is 9.01. The molecule has 0 saturated carbocycles. The van der Waals surface area contributed by atoms with Gasteiger partial charge in [0.05, 0.1) is 6.10 Å². The second-order valence-electron chi connectivity index (χ2n) is 3.64. The van der Waals surface area contributed by atoms with Crippen LogP contribution in [0, 0.1) is 0 Å². The number of rotatable bonds is 4. The van der Waals surface area contributed by atoms with Crippen molar-refractivity contribution < 1.29 is 9.53 Å². The Morgan fingerprint density at radius 2 is 2.50 bits per heavy atom. The van der Waals surface area contributed by atoms with Crippen LogP contribution in [-0.2, 0) is 9.53 Å². The molecule has 14 heavy (non-hydrogen) atoms. The predicted molar refractivity (Wildman–Crippen MR) is 55.1 cm³/mol. The van der Waals surface area contributed by atoms with Crippen molar-refractivity contribution in [2.45, 2.75) is 38.9 Å². The van der Waals surface area contributed by atoms with Crippen LogP contribution >= 0.6 is 0 Å². The summed E-state index contributed by atoms with van der Waals surface area (Å²) < 4.78 is 5.63. The SMILES string of the molecule is CCNC(=O)C(C)OC1CCCNC1. The number of ether oxygens (including phenoxy) is 1. The van der Waals surface area contributed by atoms with Crippen LogP contribution in [0.2, 0.25) is 0 Å². The van der Waals surface area contributed by atoms with Gasteiger partial charge in [-0.05, 0) is 33.2 Å². The lowest BCUT2D eigenvalue weighted by atomic mass is 10.1. The summed E-state index contributed by atoms with van der Waals surface area (Å²) in [7, 11) is 0. The Hall–Kier alpha value is -0.610. The number of carbonyl (C=O) groups excluding carboxylic acids is 1. The fraction of sp³-hybridized carbons (Fsp3) is 0.900. The van der Waals surface area contributed by atoms with E-state index in [1.807, 2.05) is 6.92 Å². The van der Waals surface area contributed by atoms with E-state index in [1.165, 1.54) is 0 Å². The highest BCUT2D eigenvalue weighted by Gasteiger charge is 2.20. The highest BCUT2D eigenvalue weighted by Crippen LogP contribution is 2.08. The number of hydrogen-bond acceptors (Lipinski definition) is 3. The molecule has 1 heterocycles. The Bertz CT molecular complexity index is 179. The average Bonchev–Trinajstić information content (AvgIpc) is 2.19. The standard InChI is InChI=1S/C10H20N2O2/c1-3-12-10(13)8(2)14-9-5-4-6-11-7-9/h8-9,11H,3-7H2,1-2H3,(H,12,13). The maximum atomic E-state index is 11.4. The Labute approximate surface area is 85.4 Å². The van der Waals surface area contributed by atoms with Crippen LogP contribution in [0.15, 0.2) is 0 Å². The summed E-state index contributed by atoms with van der Waals surface area (Å²) in [5, 5.41) is 6.00. The van der Waals surface area contributed by atoms with Gasteiger partial charge in [0.25, 0.3) is 0 Å². The highest BCUT2D eigenvalue weighted by atomic mass is 16.5. The molecule has 2 N–H and O–H groups in total. The minimum absolute atomic E-state index is 0.0157. The van der Waals surface area contributed by atoms with Crippen molar-refractivity contribution in [1.82, 2.24) is 10.6 Å². The zero-order chi connectivity index (χ0) is 10.4. The van der Waals surface area contributed by atoms with E-state index in [2.05, 4.69) is 10.6 Å². The lowest BCUT2D eigenvalue weighted by Crippen LogP contribution is -2.42. The summed E-state index contributed by atoms with van der Waals surface area (Å²) in [4.78, 5) is 11.4. The van der Waals surface area contributed by atoms with Crippen LogP contribution in [0.5, 0.6) is 0 Å². The Morgan fingerprint density at radius 1 is 1.71 bits per heavy atom. The minimum Gasteiger partial charge on any atom is -0.364 e. The van der Waals surface area contributed by atoms with E-state index < -0.39 is 0 Å². The Morgan fingerprint density at radius 3 is 3.07 bits per heavy atom. The van der Waals surface area contributed by atoms with Gasteiger partial charge in [0.15, 0.2) is 0 Å². The molecular formula is C10H20N2O2. The first-order valence-electron chi connectivity index (χ1n) is 5.38. The summed E-state index contributed by atoms with van der Waals surface area (Å²) in [6, 6.07) is 0. The number of hydrogen-bond donors (Lipinski definition) is 2. The minimum atomic E-state index is -0.333. The third-order valence-corrected chi connectivity index (χ3v) is 2.37. The second-order valence-corrected chi connectivity index (χ2v) is 3.64. The van der Waals surface area contributed by atoms with Crippen LogP contribution in [0.25, 0.3) is 0 Å². The van der Waals surface area contributed by atoms with Gasteiger partial charge in [0.1, 0.15) is 6.10 Å². The van der Waals surface area contributed by atoms with E-state index in [9.17, 15) is 4.79 Å². The summed E-state index contributed by atoms with van der Waals surface area (Å²) in [6.07, 6.45) is 2.05. The Kier molecular flexibility index (Phi) is 4.90. The van der Waals surface area contributed by atoms with Crippen molar-refractivity contribution in [2.75, 3.05) is 19.6 Å². The molecule has 0 aliphatic carbocycles. The number of nitrogens with one attached hydrogen (secondary N) is 2. The van der Waals surface area contributed by atoms with E-state index in [0.717, 1.165) is 25.9 Å². The lowest BCUT2D eigenvalue weighted by Gasteiger charge is -2.25. The largest absolute Gasteiger partial charge is 0.364 e. The molecule has 0 aromatic rings. The highest BCUT2D eigenvalue weighted by molar-refractivity contribution is 5.80. The van der Waals surface area contributed by atoms with Gasteiger partial charge in [-0.15, -0.1) is 0 Å². The maximum Gasteiger partial charge on any atom is 0.248 e. The molecule has 4 nitrogen and oxygen atoms in total. The van der Waals surface area contributed by atoms with Crippen LogP contribution in [0.1, 0.15) is 26.7 Å². The third kappa shape index (κ3) is 3.64. The first-order chi connectivity index (χ1) is 6.74. The average molecular weight is 200 g/mol. The third-order valence-electron chi connectivity index (χ3n) is 2.37. The van der Waals surface area contributed by atoms with Crippen molar-refractivity contribution in [3.63, 3.8) is 0 Å². The number of amides is 1. The molecule has 1 amide bonds. The first-order valence-corrected chi connectivity index (χ1v) is 5.38. The zero-order valence-electron chi connectivity index (χ0n) is 9.01. The summed E-state index contributed by atoms with van der Waals surface area (Å²) >= 11 is 0. The number of likely N-dealkylation sites (N-methyl/N-ethyl adjacent to an activating group) is 1. The van der Waals surface area contributed by atoms with Crippen LogP contribution in [0.4, 0.5) is 0 Å². The van der Waals surface area contributed by atoms with Crippen molar-refractivity contribution in [3.05, 3.63) is 0 Å². The molecule has 0 aromatic carbocycles. The molecule has 1 rings (SSSR count). The molecule has 1 saturated heterocycles. The van der Waals surface area contributed by atoms with Gasteiger partial charge in [-0.1, -0.05) is 0 Å². The molecule has 4 heteroatoms. The number of carbonyl (C=O) groups is 1. The molecule has 0 spiro atoms.